The molecule has 0 aliphatic rings. The zero-order valence-corrected chi connectivity index (χ0v) is 9.06. The molecule has 0 unspecified atom stereocenters. The molecule has 0 aromatic carbocycles. The van der Waals surface area contributed by atoms with Crippen molar-refractivity contribution < 1.29 is 4.74 Å². The predicted octanol–water partition coefficient (Wildman–Crippen LogP) is 1.39. The van der Waals surface area contributed by atoms with Crippen molar-refractivity contribution in [3.63, 3.8) is 0 Å². The van der Waals surface area contributed by atoms with Crippen LogP contribution in [0.3, 0.4) is 0 Å². The van der Waals surface area contributed by atoms with E-state index in [0.29, 0.717) is 11.7 Å². The summed E-state index contributed by atoms with van der Waals surface area (Å²) in [7, 11) is 1.64. The average molecular weight is 228 g/mol. The minimum Gasteiger partial charge on any atom is -0.378 e. The van der Waals surface area contributed by atoms with E-state index in [1.54, 1.807) is 24.6 Å². The maximum atomic E-state index is 5.49. The number of aromatic nitrogens is 3. The van der Waals surface area contributed by atoms with Crippen molar-refractivity contribution in [2.24, 2.45) is 0 Å². The minimum atomic E-state index is 0.474. The maximum Gasteiger partial charge on any atom is 0.203 e. The van der Waals surface area contributed by atoms with Crippen LogP contribution in [0.1, 0.15) is 5.01 Å². The van der Waals surface area contributed by atoms with Gasteiger partial charge in [0.05, 0.1) is 11.5 Å². The van der Waals surface area contributed by atoms with Crippen LogP contribution in [0.2, 0.25) is 0 Å². The summed E-state index contributed by atoms with van der Waals surface area (Å²) in [5.74, 6) is 0. The van der Waals surface area contributed by atoms with Crippen LogP contribution in [0, 0.1) is 0 Å². The smallest absolute Gasteiger partial charge is 0.203 e. The topological polar surface area (TPSA) is 73.9 Å². The Labute approximate surface area is 88.6 Å². The highest BCUT2D eigenvalue weighted by atomic mass is 32.1. The summed E-state index contributed by atoms with van der Waals surface area (Å²) < 4.78 is 4.97. The van der Waals surface area contributed by atoms with Crippen molar-refractivity contribution in [2.45, 2.75) is 6.61 Å². The number of anilines is 1. The van der Waals surface area contributed by atoms with Gasteiger partial charge in [-0.1, -0.05) is 11.3 Å². The molecule has 0 aliphatic carbocycles. The Bertz CT molecular complexity index is 425. The Morgan fingerprint density at radius 1 is 1.43 bits per heavy atom. The lowest BCUT2D eigenvalue weighted by Crippen LogP contribution is -1.82. The lowest BCUT2D eigenvalue weighted by Gasteiger charge is -1.89. The number of thiazole rings is 1. The van der Waals surface area contributed by atoms with Gasteiger partial charge in [-0.05, 0) is 0 Å². The van der Waals surface area contributed by atoms with Gasteiger partial charge in [-0.15, -0.1) is 21.5 Å². The minimum absolute atomic E-state index is 0.474. The number of nitrogens with zero attached hydrogens (tertiary/aromatic N) is 3. The van der Waals surface area contributed by atoms with E-state index in [-0.39, 0.29) is 0 Å². The summed E-state index contributed by atoms with van der Waals surface area (Å²) in [6, 6.07) is 0. The van der Waals surface area contributed by atoms with E-state index < -0.39 is 0 Å². The largest absolute Gasteiger partial charge is 0.378 e. The lowest BCUT2D eigenvalue weighted by atomic mass is 10.6. The average Bonchev–Trinajstić information content (AvgIpc) is 2.74. The number of rotatable bonds is 3. The third-order valence-corrected chi connectivity index (χ3v) is 3.37. The highest BCUT2D eigenvalue weighted by Gasteiger charge is 2.08. The first-order valence-corrected chi connectivity index (χ1v) is 5.46. The van der Waals surface area contributed by atoms with E-state index in [9.17, 15) is 0 Å². The lowest BCUT2D eigenvalue weighted by molar-refractivity contribution is 0.184. The van der Waals surface area contributed by atoms with Crippen molar-refractivity contribution in [2.75, 3.05) is 12.8 Å². The Hall–Kier alpha value is -1.05. The molecule has 14 heavy (non-hydrogen) atoms. The molecule has 0 radical (unpaired) electrons. The predicted molar refractivity (Wildman–Crippen MR) is 56.1 cm³/mol. The molecule has 2 rings (SSSR count). The fourth-order valence-electron chi connectivity index (χ4n) is 0.933. The van der Waals surface area contributed by atoms with Crippen molar-refractivity contribution in [3.8, 4) is 9.88 Å². The summed E-state index contributed by atoms with van der Waals surface area (Å²) in [4.78, 5) is 5.16. The highest BCUT2D eigenvalue weighted by Crippen LogP contribution is 2.29. The molecule has 0 bridgehead atoms. The Kier molecular flexibility index (Phi) is 2.71. The van der Waals surface area contributed by atoms with Crippen molar-refractivity contribution in [1.29, 1.82) is 0 Å². The number of methoxy groups -OCH3 is 1. The van der Waals surface area contributed by atoms with Gasteiger partial charge in [0.15, 0.2) is 5.01 Å². The first-order valence-electron chi connectivity index (χ1n) is 3.82. The first-order chi connectivity index (χ1) is 6.79. The zero-order chi connectivity index (χ0) is 9.97. The van der Waals surface area contributed by atoms with Crippen LogP contribution >= 0.6 is 22.7 Å². The summed E-state index contributed by atoms with van der Waals surface area (Å²) >= 11 is 2.90. The SMILES string of the molecule is COCc1ncc(-c2nnc(N)s2)s1. The third kappa shape index (κ3) is 1.89. The van der Waals surface area contributed by atoms with Gasteiger partial charge in [-0.25, -0.2) is 4.98 Å². The van der Waals surface area contributed by atoms with Gasteiger partial charge >= 0.3 is 0 Å². The van der Waals surface area contributed by atoms with Gasteiger partial charge in [0.2, 0.25) is 5.13 Å². The van der Waals surface area contributed by atoms with Gasteiger partial charge in [0, 0.05) is 13.3 Å². The molecule has 2 aromatic heterocycles. The van der Waals surface area contributed by atoms with E-state index in [1.165, 1.54) is 11.3 Å². The molecule has 0 saturated carbocycles. The second-order valence-corrected chi connectivity index (χ2v) is 4.62. The summed E-state index contributed by atoms with van der Waals surface area (Å²) in [5, 5.41) is 9.88. The number of nitrogen functional groups attached to an aromatic ring is 1. The molecule has 2 N–H and O–H groups in total. The third-order valence-electron chi connectivity index (χ3n) is 1.47. The molecule has 2 aromatic rings. The monoisotopic (exact) mass is 228 g/mol. The molecule has 74 valence electrons. The molecule has 2 heterocycles. The van der Waals surface area contributed by atoms with Crippen molar-refractivity contribution in [1.82, 2.24) is 15.2 Å². The summed E-state index contributed by atoms with van der Waals surface area (Å²) in [6.45, 7) is 0.527. The second-order valence-electron chi connectivity index (χ2n) is 2.50. The second kappa shape index (κ2) is 3.99. The van der Waals surface area contributed by atoms with Crippen LogP contribution in [0.5, 0.6) is 0 Å². The molecule has 0 saturated heterocycles. The molecule has 0 fully saturated rings. The molecular formula is C7H8N4OS2. The fraction of sp³-hybridized carbons (Fsp3) is 0.286. The molecule has 5 nitrogen and oxygen atoms in total. The van der Waals surface area contributed by atoms with Crippen LogP contribution in [-0.4, -0.2) is 22.3 Å². The summed E-state index contributed by atoms with van der Waals surface area (Å²) in [6.07, 6.45) is 1.76. The molecular weight excluding hydrogens is 220 g/mol. The van der Waals surface area contributed by atoms with Crippen molar-refractivity contribution >= 4 is 27.8 Å². The van der Waals surface area contributed by atoms with Gasteiger partial charge in [-0.2, -0.15) is 0 Å². The maximum absolute atomic E-state index is 5.49. The zero-order valence-electron chi connectivity index (χ0n) is 7.43. The molecule has 7 heteroatoms. The van der Waals surface area contributed by atoms with Gasteiger partial charge in [-0.3, -0.25) is 0 Å². The first kappa shape index (κ1) is 9.50. The van der Waals surface area contributed by atoms with E-state index in [0.717, 1.165) is 14.9 Å². The molecule has 0 spiro atoms. The van der Waals surface area contributed by atoms with E-state index in [1.807, 2.05) is 0 Å². The van der Waals surface area contributed by atoms with Crippen LogP contribution in [-0.2, 0) is 11.3 Å². The standard InChI is InChI=1S/C7H8N4OS2/c1-12-3-5-9-2-4(13-5)6-10-11-7(8)14-6/h2H,3H2,1H3,(H2,8,11). The Balaban J connectivity index is 2.24. The van der Waals surface area contributed by atoms with Crippen molar-refractivity contribution in [3.05, 3.63) is 11.2 Å². The van der Waals surface area contributed by atoms with E-state index in [4.69, 9.17) is 10.5 Å². The normalized spacial score (nSPS) is 10.6. The van der Waals surface area contributed by atoms with E-state index in [2.05, 4.69) is 15.2 Å². The molecule has 0 amide bonds. The Morgan fingerprint density at radius 2 is 2.29 bits per heavy atom. The highest BCUT2D eigenvalue weighted by molar-refractivity contribution is 7.23. The van der Waals surface area contributed by atoms with Crippen LogP contribution in [0.4, 0.5) is 5.13 Å². The van der Waals surface area contributed by atoms with Gasteiger partial charge in [0.1, 0.15) is 5.01 Å². The summed E-state index contributed by atoms with van der Waals surface area (Å²) in [5.41, 5.74) is 5.49. The van der Waals surface area contributed by atoms with E-state index >= 15 is 0 Å². The van der Waals surface area contributed by atoms with Crippen LogP contribution in [0.15, 0.2) is 6.20 Å². The van der Waals surface area contributed by atoms with Crippen LogP contribution in [0.25, 0.3) is 9.88 Å². The van der Waals surface area contributed by atoms with Gasteiger partial charge in [0.25, 0.3) is 0 Å². The van der Waals surface area contributed by atoms with Crippen LogP contribution < -0.4 is 5.73 Å². The Morgan fingerprint density at radius 3 is 2.93 bits per heavy atom. The molecule has 0 aliphatic heterocycles. The molecule has 0 atom stereocenters. The quantitative estimate of drug-likeness (QED) is 0.859. The van der Waals surface area contributed by atoms with Gasteiger partial charge < -0.3 is 10.5 Å². The number of hydrogen-bond acceptors (Lipinski definition) is 7. The number of ether oxygens (including phenoxy) is 1. The number of nitrogens with two attached hydrogens (primary N) is 1. The number of hydrogen-bond donors (Lipinski definition) is 1. The fourth-order valence-corrected chi connectivity index (χ4v) is 2.47.